The molecular weight excluding hydrogens is 480 g/mol. The normalized spacial score (nSPS) is 17.6. The molecule has 2 fully saturated rings. The van der Waals surface area contributed by atoms with Gasteiger partial charge in [0, 0.05) is 36.6 Å². The summed E-state index contributed by atoms with van der Waals surface area (Å²) < 4.78 is 0. The minimum absolute atomic E-state index is 0.0227. The molecule has 1 saturated carbocycles. The molecule has 6 nitrogen and oxygen atoms in total. The first-order valence-electron chi connectivity index (χ1n) is 13.1. The summed E-state index contributed by atoms with van der Waals surface area (Å²) in [5.74, 6) is 0.304. The van der Waals surface area contributed by atoms with E-state index in [0.29, 0.717) is 35.8 Å². The van der Waals surface area contributed by atoms with E-state index in [4.69, 9.17) is 4.98 Å². The van der Waals surface area contributed by atoms with E-state index in [0.717, 1.165) is 52.9 Å². The average Bonchev–Trinajstić information content (AvgIpc) is 3.69. The Hall–Kier alpha value is -3.58. The lowest BCUT2D eigenvalue weighted by Crippen LogP contribution is -2.49. The van der Waals surface area contributed by atoms with Gasteiger partial charge in [0.1, 0.15) is 5.69 Å². The number of nitrogens with zero attached hydrogens (tertiary/aromatic N) is 3. The summed E-state index contributed by atoms with van der Waals surface area (Å²) in [6.07, 6.45) is 6.86. The van der Waals surface area contributed by atoms with Gasteiger partial charge in [-0.25, -0.2) is 4.98 Å². The number of aryl methyl sites for hydroxylation is 1. The van der Waals surface area contributed by atoms with Crippen LogP contribution in [-0.2, 0) is 0 Å². The third-order valence-electron chi connectivity index (χ3n) is 7.32. The standard InChI is InChI=1S/C30H30N4O2S/c1-19-7-4-9-22(17-19)27-26(33-29(37-27)21-13-14-21)30(36)34-16-3-2-11-23(34)18-32-28(35)24-12-5-8-20-10-6-15-31-25(20)24/h4-10,12,15,17,21,23H,2-3,11,13-14,16,18H2,1H3,(H,32,35)/t23-/m0/s1. The Morgan fingerprint density at radius 3 is 2.73 bits per heavy atom. The van der Waals surface area contributed by atoms with Crippen molar-refractivity contribution < 1.29 is 9.59 Å². The van der Waals surface area contributed by atoms with Crippen LogP contribution < -0.4 is 5.32 Å². The first-order chi connectivity index (χ1) is 18.1. The van der Waals surface area contributed by atoms with Crippen LogP contribution >= 0.6 is 11.3 Å². The number of thiazole rings is 1. The summed E-state index contributed by atoms with van der Waals surface area (Å²) in [4.78, 5) is 39.3. The highest BCUT2D eigenvalue weighted by Gasteiger charge is 2.34. The van der Waals surface area contributed by atoms with Crippen molar-refractivity contribution in [2.24, 2.45) is 0 Å². The molecule has 3 heterocycles. The lowest BCUT2D eigenvalue weighted by molar-refractivity contribution is 0.0598. The molecule has 6 rings (SSSR count). The van der Waals surface area contributed by atoms with Crippen LogP contribution in [-0.4, -0.2) is 45.8 Å². The minimum atomic E-state index is -0.160. The van der Waals surface area contributed by atoms with Gasteiger partial charge >= 0.3 is 0 Å². The van der Waals surface area contributed by atoms with Gasteiger partial charge in [0.05, 0.1) is 21.0 Å². The number of amides is 2. The van der Waals surface area contributed by atoms with Gasteiger partial charge in [-0.15, -0.1) is 11.3 Å². The van der Waals surface area contributed by atoms with Gasteiger partial charge in [-0.3, -0.25) is 14.6 Å². The number of carbonyl (C=O) groups excluding carboxylic acids is 2. The number of hydrogen-bond donors (Lipinski definition) is 1. The van der Waals surface area contributed by atoms with E-state index in [9.17, 15) is 9.59 Å². The van der Waals surface area contributed by atoms with E-state index in [1.807, 2.05) is 35.2 Å². The zero-order valence-corrected chi connectivity index (χ0v) is 21.8. The summed E-state index contributed by atoms with van der Waals surface area (Å²) in [7, 11) is 0. The van der Waals surface area contributed by atoms with Gasteiger partial charge in [0.2, 0.25) is 0 Å². The predicted molar refractivity (Wildman–Crippen MR) is 147 cm³/mol. The van der Waals surface area contributed by atoms with Crippen molar-refractivity contribution in [3.63, 3.8) is 0 Å². The Labute approximate surface area is 220 Å². The van der Waals surface area contributed by atoms with E-state index in [2.05, 4.69) is 35.4 Å². The predicted octanol–water partition coefficient (Wildman–Crippen LogP) is 5.97. The van der Waals surface area contributed by atoms with Crippen molar-refractivity contribution in [3.8, 4) is 10.4 Å². The highest BCUT2D eigenvalue weighted by molar-refractivity contribution is 7.15. The molecule has 0 radical (unpaired) electrons. The number of rotatable bonds is 6. The topological polar surface area (TPSA) is 75.2 Å². The Morgan fingerprint density at radius 2 is 1.89 bits per heavy atom. The fraction of sp³-hybridized carbons (Fsp3) is 0.333. The minimum Gasteiger partial charge on any atom is -0.350 e. The zero-order chi connectivity index (χ0) is 25.4. The highest BCUT2D eigenvalue weighted by Crippen LogP contribution is 2.45. The van der Waals surface area contributed by atoms with Crippen molar-refractivity contribution in [2.75, 3.05) is 13.1 Å². The number of benzene rings is 2. The SMILES string of the molecule is Cc1cccc(-c2sc(C3CC3)nc2C(=O)N2CCCC[C@H]2CNC(=O)c2cccc3cccnc23)c1. The molecule has 2 amide bonds. The Balaban J connectivity index is 1.24. The number of likely N-dealkylation sites (tertiary alicyclic amines) is 1. The third-order valence-corrected chi connectivity index (χ3v) is 8.58. The number of pyridine rings is 1. The first-order valence-corrected chi connectivity index (χ1v) is 13.9. The molecule has 0 bridgehead atoms. The Bertz CT molecular complexity index is 1470. The molecule has 0 unspecified atom stereocenters. The highest BCUT2D eigenvalue weighted by atomic mass is 32.1. The quantitative estimate of drug-likeness (QED) is 0.347. The smallest absolute Gasteiger partial charge is 0.274 e. The summed E-state index contributed by atoms with van der Waals surface area (Å²) in [6, 6.07) is 17.7. The fourth-order valence-corrected chi connectivity index (χ4v) is 6.40. The molecule has 1 atom stereocenters. The second-order valence-corrected chi connectivity index (χ2v) is 11.1. The van der Waals surface area contributed by atoms with E-state index in [1.165, 1.54) is 5.56 Å². The number of piperidine rings is 1. The number of para-hydroxylation sites is 1. The molecule has 1 N–H and O–H groups in total. The maximum Gasteiger partial charge on any atom is 0.274 e. The maximum absolute atomic E-state index is 14.0. The van der Waals surface area contributed by atoms with Gasteiger partial charge in [0.25, 0.3) is 11.8 Å². The Kier molecular flexibility index (Phi) is 6.47. The van der Waals surface area contributed by atoms with Crippen LogP contribution in [0.4, 0.5) is 0 Å². The zero-order valence-electron chi connectivity index (χ0n) is 20.9. The van der Waals surface area contributed by atoms with Gasteiger partial charge in [-0.05, 0) is 56.7 Å². The number of carbonyl (C=O) groups is 2. The van der Waals surface area contributed by atoms with Crippen LogP contribution in [0.1, 0.15) is 69.4 Å². The fourth-order valence-electron chi connectivity index (χ4n) is 5.18. The maximum atomic E-state index is 14.0. The first kappa shape index (κ1) is 23.8. The molecule has 1 aliphatic carbocycles. The molecule has 37 heavy (non-hydrogen) atoms. The summed E-state index contributed by atoms with van der Waals surface area (Å²) in [6.45, 7) is 3.16. The number of nitrogens with one attached hydrogen (secondary N) is 1. The molecule has 2 aliphatic rings. The average molecular weight is 511 g/mol. The van der Waals surface area contributed by atoms with Gasteiger partial charge < -0.3 is 10.2 Å². The van der Waals surface area contributed by atoms with Crippen molar-refractivity contribution in [1.29, 1.82) is 0 Å². The summed E-state index contributed by atoms with van der Waals surface area (Å²) >= 11 is 1.67. The number of fused-ring (bicyclic) bond motifs is 1. The van der Waals surface area contributed by atoms with Crippen LogP contribution in [0.2, 0.25) is 0 Å². The molecular formula is C30H30N4O2S. The second-order valence-electron chi connectivity index (χ2n) is 10.1. The van der Waals surface area contributed by atoms with Gasteiger partial charge in [0.15, 0.2) is 0 Å². The Morgan fingerprint density at radius 1 is 1.05 bits per heavy atom. The molecule has 7 heteroatoms. The van der Waals surface area contributed by atoms with Crippen LogP contribution in [0.3, 0.4) is 0 Å². The number of hydrogen-bond acceptors (Lipinski definition) is 5. The van der Waals surface area contributed by atoms with E-state index < -0.39 is 0 Å². The van der Waals surface area contributed by atoms with E-state index in [-0.39, 0.29) is 17.9 Å². The van der Waals surface area contributed by atoms with Gasteiger partial charge in [-0.1, -0.05) is 48.0 Å². The van der Waals surface area contributed by atoms with Crippen LogP contribution in [0.25, 0.3) is 21.3 Å². The lowest BCUT2D eigenvalue weighted by atomic mass is 10.0. The van der Waals surface area contributed by atoms with Gasteiger partial charge in [-0.2, -0.15) is 0 Å². The largest absolute Gasteiger partial charge is 0.350 e. The molecule has 1 aliphatic heterocycles. The lowest BCUT2D eigenvalue weighted by Gasteiger charge is -2.35. The second kappa shape index (κ2) is 10.1. The van der Waals surface area contributed by atoms with Crippen LogP contribution in [0.5, 0.6) is 0 Å². The number of aromatic nitrogens is 2. The molecule has 4 aromatic rings. The van der Waals surface area contributed by atoms with Crippen molar-refractivity contribution in [1.82, 2.24) is 20.2 Å². The third kappa shape index (κ3) is 4.88. The van der Waals surface area contributed by atoms with E-state index >= 15 is 0 Å². The summed E-state index contributed by atoms with van der Waals surface area (Å²) in [5, 5.41) is 5.10. The molecule has 2 aromatic carbocycles. The molecule has 2 aromatic heterocycles. The van der Waals surface area contributed by atoms with Crippen molar-refractivity contribution in [2.45, 2.75) is 51.0 Å². The van der Waals surface area contributed by atoms with Crippen LogP contribution in [0.15, 0.2) is 60.8 Å². The van der Waals surface area contributed by atoms with E-state index in [1.54, 1.807) is 23.6 Å². The monoisotopic (exact) mass is 510 g/mol. The molecule has 0 spiro atoms. The van der Waals surface area contributed by atoms with Crippen molar-refractivity contribution >= 4 is 34.1 Å². The molecule has 188 valence electrons. The van der Waals surface area contributed by atoms with Crippen molar-refractivity contribution in [3.05, 3.63) is 82.6 Å². The summed E-state index contributed by atoms with van der Waals surface area (Å²) in [5.41, 5.74) is 4.03. The molecule has 1 saturated heterocycles. The van der Waals surface area contributed by atoms with Crippen LogP contribution in [0, 0.1) is 6.92 Å².